The van der Waals surface area contributed by atoms with Gasteiger partial charge in [0, 0.05) is 44.6 Å². The summed E-state index contributed by atoms with van der Waals surface area (Å²) < 4.78 is 3.45. The number of carboxylic acid groups (broad SMARTS) is 1. The van der Waals surface area contributed by atoms with Crippen molar-refractivity contribution < 1.29 is 14.7 Å². The number of aryl methyl sites for hydroxylation is 1. The molecule has 0 saturated heterocycles. The van der Waals surface area contributed by atoms with E-state index in [-0.39, 0.29) is 11.6 Å². The molecule has 2 heterocycles. The second-order valence-electron chi connectivity index (χ2n) is 4.20. The standard InChI is InChI=1S/C12H15N5O3/c18-11(1-4-16-5-2-13-8-16)14-3-6-17-7-10(12(19)20)15-9-17/h2,5,7-9H,1,3-4,6H2,(H,14,18)(H,19,20). The molecule has 0 aliphatic heterocycles. The lowest BCUT2D eigenvalue weighted by atomic mass is 10.4. The lowest BCUT2D eigenvalue weighted by Crippen LogP contribution is -2.27. The minimum atomic E-state index is -1.06. The van der Waals surface area contributed by atoms with Crippen LogP contribution in [-0.4, -0.2) is 42.6 Å². The summed E-state index contributed by atoms with van der Waals surface area (Å²) in [6.45, 7) is 1.50. The van der Waals surface area contributed by atoms with Gasteiger partial charge in [-0.25, -0.2) is 14.8 Å². The third-order valence-corrected chi connectivity index (χ3v) is 2.70. The maximum Gasteiger partial charge on any atom is 0.356 e. The van der Waals surface area contributed by atoms with Gasteiger partial charge >= 0.3 is 5.97 Å². The molecule has 2 aromatic heterocycles. The number of carboxylic acids is 1. The van der Waals surface area contributed by atoms with Crippen molar-refractivity contribution in [1.82, 2.24) is 24.4 Å². The van der Waals surface area contributed by atoms with Crippen LogP contribution in [0.1, 0.15) is 16.9 Å². The van der Waals surface area contributed by atoms with Gasteiger partial charge in [0.15, 0.2) is 5.69 Å². The lowest BCUT2D eigenvalue weighted by molar-refractivity contribution is -0.121. The van der Waals surface area contributed by atoms with E-state index in [4.69, 9.17) is 5.11 Å². The highest BCUT2D eigenvalue weighted by Gasteiger charge is 2.06. The van der Waals surface area contributed by atoms with Crippen LogP contribution in [-0.2, 0) is 17.9 Å². The van der Waals surface area contributed by atoms with Gasteiger partial charge in [0.2, 0.25) is 5.91 Å². The summed E-state index contributed by atoms with van der Waals surface area (Å²) in [6.07, 6.45) is 8.36. The number of nitrogens with one attached hydrogen (secondary N) is 1. The molecular formula is C12H15N5O3. The Balaban J connectivity index is 1.67. The van der Waals surface area contributed by atoms with Crippen LogP contribution >= 0.6 is 0 Å². The number of imidazole rings is 2. The molecule has 0 aliphatic rings. The minimum Gasteiger partial charge on any atom is -0.476 e. The van der Waals surface area contributed by atoms with Crippen LogP contribution in [0.5, 0.6) is 0 Å². The molecule has 2 aromatic rings. The van der Waals surface area contributed by atoms with Crippen LogP contribution in [0, 0.1) is 0 Å². The second kappa shape index (κ2) is 6.50. The number of hydrogen-bond acceptors (Lipinski definition) is 4. The van der Waals surface area contributed by atoms with Crippen LogP contribution in [0.4, 0.5) is 0 Å². The van der Waals surface area contributed by atoms with Gasteiger partial charge in [-0.3, -0.25) is 4.79 Å². The monoisotopic (exact) mass is 277 g/mol. The second-order valence-corrected chi connectivity index (χ2v) is 4.20. The average Bonchev–Trinajstić information content (AvgIpc) is 3.07. The smallest absolute Gasteiger partial charge is 0.356 e. The van der Waals surface area contributed by atoms with Crippen molar-refractivity contribution in [2.24, 2.45) is 0 Å². The lowest BCUT2D eigenvalue weighted by Gasteiger charge is -2.06. The molecule has 2 N–H and O–H groups in total. The first-order chi connectivity index (χ1) is 9.65. The van der Waals surface area contributed by atoms with E-state index < -0.39 is 5.97 Å². The van der Waals surface area contributed by atoms with E-state index in [0.29, 0.717) is 26.1 Å². The predicted molar refractivity (Wildman–Crippen MR) is 69.0 cm³/mol. The maximum atomic E-state index is 11.6. The quantitative estimate of drug-likeness (QED) is 0.740. The molecule has 0 aliphatic carbocycles. The van der Waals surface area contributed by atoms with Crippen molar-refractivity contribution in [3.05, 3.63) is 36.9 Å². The number of amides is 1. The molecule has 20 heavy (non-hydrogen) atoms. The maximum absolute atomic E-state index is 11.6. The Morgan fingerprint density at radius 1 is 1.25 bits per heavy atom. The van der Waals surface area contributed by atoms with Gasteiger partial charge in [0.25, 0.3) is 0 Å². The van der Waals surface area contributed by atoms with Crippen molar-refractivity contribution in [1.29, 1.82) is 0 Å². The Kier molecular flexibility index (Phi) is 4.48. The Morgan fingerprint density at radius 2 is 2.10 bits per heavy atom. The number of nitrogens with zero attached hydrogens (tertiary/aromatic N) is 4. The molecule has 1 amide bonds. The molecule has 0 unspecified atom stereocenters. The van der Waals surface area contributed by atoms with Gasteiger partial charge in [0.1, 0.15) is 0 Å². The molecule has 0 saturated carbocycles. The number of carbonyl (C=O) groups excluding carboxylic acids is 1. The van der Waals surface area contributed by atoms with Gasteiger partial charge in [-0.1, -0.05) is 0 Å². The van der Waals surface area contributed by atoms with Crippen molar-refractivity contribution in [2.75, 3.05) is 6.54 Å². The topological polar surface area (TPSA) is 102 Å². The van der Waals surface area contributed by atoms with E-state index >= 15 is 0 Å². The number of rotatable bonds is 7. The third kappa shape index (κ3) is 3.94. The summed E-state index contributed by atoms with van der Waals surface area (Å²) in [5.41, 5.74) is -0.00330. The highest BCUT2D eigenvalue weighted by atomic mass is 16.4. The van der Waals surface area contributed by atoms with Crippen molar-refractivity contribution in [2.45, 2.75) is 19.5 Å². The molecule has 0 atom stereocenters. The molecule has 0 aromatic carbocycles. The zero-order valence-electron chi connectivity index (χ0n) is 10.8. The molecule has 8 heteroatoms. The number of aromatic carboxylic acids is 1. The van der Waals surface area contributed by atoms with Crippen molar-refractivity contribution >= 4 is 11.9 Å². The van der Waals surface area contributed by atoms with E-state index in [1.54, 1.807) is 23.3 Å². The first-order valence-corrected chi connectivity index (χ1v) is 6.12. The first-order valence-electron chi connectivity index (χ1n) is 6.12. The zero-order chi connectivity index (χ0) is 14.4. The van der Waals surface area contributed by atoms with Crippen LogP contribution < -0.4 is 5.32 Å². The van der Waals surface area contributed by atoms with Gasteiger partial charge in [-0.2, -0.15) is 0 Å². The highest BCUT2D eigenvalue weighted by molar-refractivity contribution is 5.84. The zero-order valence-corrected chi connectivity index (χ0v) is 10.8. The van der Waals surface area contributed by atoms with E-state index in [0.717, 1.165) is 0 Å². The van der Waals surface area contributed by atoms with E-state index in [2.05, 4.69) is 15.3 Å². The van der Waals surface area contributed by atoms with E-state index in [1.165, 1.54) is 12.5 Å². The molecule has 0 spiro atoms. The minimum absolute atomic E-state index is 0.00330. The highest BCUT2D eigenvalue weighted by Crippen LogP contribution is 1.95. The molecule has 106 valence electrons. The molecule has 2 rings (SSSR count). The summed E-state index contributed by atoms with van der Waals surface area (Å²) in [7, 11) is 0. The Bertz CT molecular complexity index is 576. The predicted octanol–water partition coefficient (Wildman–Crippen LogP) is -0.0157. The fourth-order valence-electron chi connectivity index (χ4n) is 1.66. The van der Waals surface area contributed by atoms with Crippen LogP contribution in [0.3, 0.4) is 0 Å². The third-order valence-electron chi connectivity index (χ3n) is 2.70. The first kappa shape index (κ1) is 13.8. The van der Waals surface area contributed by atoms with Gasteiger partial charge in [-0.05, 0) is 0 Å². The molecule has 0 radical (unpaired) electrons. The fourth-order valence-corrected chi connectivity index (χ4v) is 1.66. The SMILES string of the molecule is O=C(CCn1ccnc1)NCCn1cnc(C(=O)O)c1. The van der Waals surface area contributed by atoms with Crippen LogP contribution in [0.25, 0.3) is 0 Å². The summed E-state index contributed by atoms with van der Waals surface area (Å²) in [5.74, 6) is -1.12. The molecule has 0 fully saturated rings. The summed E-state index contributed by atoms with van der Waals surface area (Å²) in [4.78, 5) is 29.8. The molecule has 0 bridgehead atoms. The Hall–Kier alpha value is -2.64. The number of carbonyl (C=O) groups is 2. The Morgan fingerprint density at radius 3 is 2.75 bits per heavy atom. The summed E-state index contributed by atoms with van der Waals surface area (Å²) in [5, 5.41) is 11.5. The largest absolute Gasteiger partial charge is 0.476 e. The van der Waals surface area contributed by atoms with E-state index in [9.17, 15) is 9.59 Å². The number of aromatic nitrogens is 4. The molecular weight excluding hydrogens is 262 g/mol. The van der Waals surface area contributed by atoms with Crippen LogP contribution in [0.2, 0.25) is 0 Å². The normalized spacial score (nSPS) is 10.4. The summed E-state index contributed by atoms with van der Waals surface area (Å²) >= 11 is 0. The van der Waals surface area contributed by atoms with Crippen molar-refractivity contribution in [3.8, 4) is 0 Å². The van der Waals surface area contributed by atoms with Gasteiger partial charge in [-0.15, -0.1) is 0 Å². The van der Waals surface area contributed by atoms with E-state index in [1.807, 2.05) is 4.57 Å². The molecule has 8 nitrogen and oxygen atoms in total. The van der Waals surface area contributed by atoms with Gasteiger partial charge in [0.05, 0.1) is 12.7 Å². The Labute approximate surface area is 115 Å². The van der Waals surface area contributed by atoms with Gasteiger partial charge < -0.3 is 19.6 Å². The number of hydrogen-bond donors (Lipinski definition) is 2. The summed E-state index contributed by atoms with van der Waals surface area (Å²) in [6, 6.07) is 0. The van der Waals surface area contributed by atoms with Crippen LogP contribution in [0.15, 0.2) is 31.2 Å². The fraction of sp³-hybridized carbons (Fsp3) is 0.333. The average molecular weight is 277 g/mol. The van der Waals surface area contributed by atoms with Crippen molar-refractivity contribution in [3.63, 3.8) is 0 Å².